The quantitative estimate of drug-likeness (QED) is 0.436. The number of carboxylic acids is 1. The second-order valence-corrected chi connectivity index (χ2v) is 6.69. The van der Waals surface area contributed by atoms with Gasteiger partial charge in [0, 0.05) is 30.6 Å². The van der Waals surface area contributed by atoms with Crippen LogP contribution in [0.5, 0.6) is 0 Å². The summed E-state index contributed by atoms with van der Waals surface area (Å²) < 4.78 is 5.16. The van der Waals surface area contributed by atoms with Crippen LogP contribution in [0.25, 0.3) is 22.3 Å². The summed E-state index contributed by atoms with van der Waals surface area (Å²) in [6.45, 7) is 0.485. The Hall–Kier alpha value is -3.49. The fraction of sp³-hybridized carbons (Fsp3) is 0.100. The molecule has 3 heterocycles. The molecular weight excluding hydrogens is 394 g/mol. The lowest BCUT2D eigenvalue weighted by Gasteiger charge is -2.08. The molecule has 0 atom stereocenters. The van der Waals surface area contributed by atoms with Gasteiger partial charge in [0.15, 0.2) is 0 Å². The molecule has 8 nitrogen and oxygen atoms in total. The molecule has 29 heavy (non-hydrogen) atoms. The molecule has 0 bridgehead atoms. The molecule has 4 aromatic rings. The van der Waals surface area contributed by atoms with Gasteiger partial charge in [-0.15, -0.1) is 0 Å². The molecule has 0 aliphatic heterocycles. The molecule has 0 spiro atoms. The Kier molecular flexibility index (Phi) is 5.11. The molecule has 1 aromatic carbocycles. The van der Waals surface area contributed by atoms with E-state index >= 15 is 0 Å². The number of aromatic nitrogens is 4. The maximum Gasteiger partial charge on any atom is 0.352 e. The Balaban J connectivity index is 1.64. The minimum Gasteiger partial charge on any atom is -0.477 e. The number of halogens is 1. The first kappa shape index (κ1) is 18.9. The number of aromatic amines is 1. The van der Waals surface area contributed by atoms with Gasteiger partial charge < -0.3 is 20.1 Å². The van der Waals surface area contributed by atoms with E-state index in [4.69, 9.17) is 21.4 Å². The van der Waals surface area contributed by atoms with Gasteiger partial charge in [0.1, 0.15) is 5.69 Å². The van der Waals surface area contributed by atoms with Crippen molar-refractivity contribution in [1.29, 1.82) is 0 Å². The van der Waals surface area contributed by atoms with E-state index in [1.165, 1.54) is 6.07 Å². The van der Waals surface area contributed by atoms with E-state index in [9.17, 15) is 4.79 Å². The maximum absolute atomic E-state index is 11.2. The van der Waals surface area contributed by atoms with Crippen LogP contribution in [0, 0.1) is 0 Å². The minimum absolute atomic E-state index is 0.0688. The summed E-state index contributed by atoms with van der Waals surface area (Å²) in [5.41, 5.74) is 3.61. The van der Waals surface area contributed by atoms with Gasteiger partial charge >= 0.3 is 5.97 Å². The van der Waals surface area contributed by atoms with Crippen LogP contribution in [-0.4, -0.2) is 38.1 Å². The number of methoxy groups -OCH3 is 1. The van der Waals surface area contributed by atoms with Gasteiger partial charge in [0.25, 0.3) is 0 Å². The number of pyridine rings is 1. The first-order valence-electron chi connectivity index (χ1n) is 8.63. The largest absolute Gasteiger partial charge is 0.477 e. The van der Waals surface area contributed by atoms with Gasteiger partial charge in [-0.05, 0) is 42.0 Å². The predicted molar refractivity (Wildman–Crippen MR) is 110 cm³/mol. The number of H-pyrrole nitrogens is 1. The van der Waals surface area contributed by atoms with Crippen LogP contribution in [0.4, 0.5) is 11.6 Å². The number of carbonyl (C=O) groups is 1. The van der Waals surface area contributed by atoms with Crippen molar-refractivity contribution in [2.45, 2.75) is 6.61 Å². The highest BCUT2D eigenvalue weighted by molar-refractivity contribution is 6.35. The SMILES string of the molecule is COCc1ccnc(-c2ccnc(Nc3cc(Cl)c4[nH]c(C(=O)O)cc4c3)n2)c1. The van der Waals surface area contributed by atoms with Gasteiger partial charge in [-0.3, -0.25) is 4.98 Å². The number of fused-ring (bicyclic) bond motifs is 1. The number of aromatic carboxylic acids is 1. The van der Waals surface area contributed by atoms with Crippen molar-refractivity contribution < 1.29 is 14.6 Å². The van der Waals surface area contributed by atoms with Crippen molar-refractivity contribution in [3.8, 4) is 11.4 Å². The summed E-state index contributed by atoms with van der Waals surface area (Å²) in [7, 11) is 1.64. The van der Waals surface area contributed by atoms with Crippen molar-refractivity contribution in [2.24, 2.45) is 0 Å². The molecule has 0 fully saturated rings. The minimum atomic E-state index is -1.05. The molecule has 9 heteroatoms. The van der Waals surface area contributed by atoms with Crippen LogP contribution in [0.1, 0.15) is 16.1 Å². The smallest absolute Gasteiger partial charge is 0.352 e. The molecule has 0 aliphatic carbocycles. The molecule has 0 saturated carbocycles. The molecular formula is C20H16ClN5O3. The Morgan fingerprint density at radius 1 is 1.17 bits per heavy atom. The highest BCUT2D eigenvalue weighted by atomic mass is 35.5. The van der Waals surface area contributed by atoms with Gasteiger partial charge in [-0.1, -0.05) is 11.6 Å². The molecule has 4 rings (SSSR count). The van der Waals surface area contributed by atoms with Gasteiger partial charge in [-0.25, -0.2) is 14.8 Å². The standard InChI is InChI=1S/C20H16ClN5O3/c1-29-10-11-2-4-22-16(6-11)15-3-5-23-20(26-15)24-13-7-12-8-17(19(27)28)25-18(12)14(21)9-13/h2-9,25H,10H2,1H3,(H,27,28)(H,23,24,26). The zero-order valence-corrected chi connectivity index (χ0v) is 16.1. The Morgan fingerprint density at radius 3 is 2.79 bits per heavy atom. The maximum atomic E-state index is 11.2. The third kappa shape index (κ3) is 4.03. The lowest BCUT2D eigenvalue weighted by molar-refractivity contribution is 0.0691. The normalized spacial score (nSPS) is 11.0. The zero-order valence-electron chi connectivity index (χ0n) is 15.3. The van der Waals surface area contributed by atoms with E-state index in [1.807, 2.05) is 12.1 Å². The number of nitrogens with one attached hydrogen (secondary N) is 2. The number of benzene rings is 1. The summed E-state index contributed by atoms with van der Waals surface area (Å²) in [5.74, 6) is -0.683. The van der Waals surface area contributed by atoms with E-state index in [0.29, 0.717) is 45.6 Å². The predicted octanol–water partition coefficient (Wildman–Crippen LogP) is 4.26. The lowest BCUT2D eigenvalue weighted by Crippen LogP contribution is -1.99. The molecule has 146 valence electrons. The van der Waals surface area contributed by atoms with E-state index in [-0.39, 0.29) is 5.69 Å². The number of anilines is 2. The summed E-state index contributed by atoms with van der Waals surface area (Å²) in [4.78, 5) is 27.1. The van der Waals surface area contributed by atoms with Crippen molar-refractivity contribution >= 4 is 40.1 Å². The number of hydrogen-bond donors (Lipinski definition) is 3. The Bertz CT molecular complexity index is 1210. The van der Waals surface area contributed by atoms with Crippen molar-refractivity contribution in [2.75, 3.05) is 12.4 Å². The Labute approximate surface area is 170 Å². The molecule has 0 unspecified atom stereocenters. The highest BCUT2D eigenvalue weighted by Gasteiger charge is 2.12. The van der Waals surface area contributed by atoms with Crippen LogP contribution >= 0.6 is 11.6 Å². The third-order valence-corrected chi connectivity index (χ3v) is 4.52. The molecule has 0 amide bonds. The highest BCUT2D eigenvalue weighted by Crippen LogP contribution is 2.29. The molecule has 0 radical (unpaired) electrons. The number of nitrogens with zero attached hydrogens (tertiary/aromatic N) is 3. The Morgan fingerprint density at radius 2 is 2.00 bits per heavy atom. The number of carboxylic acid groups (broad SMARTS) is 1. The van der Waals surface area contributed by atoms with Crippen molar-refractivity contribution in [3.05, 3.63) is 65.1 Å². The summed E-state index contributed by atoms with van der Waals surface area (Å²) in [5, 5.41) is 13.3. The van der Waals surface area contributed by atoms with Crippen LogP contribution < -0.4 is 5.32 Å². The summed E-state index contributed by atoms with van der Waals surface area (Å²) in [6.07, 6.45) is 3.34. The van der Waals surface area contributed by atoms with Crippen LogP contribution in [0.3, 0.4) is 0 Å². The second kappa shape index (κ2) is 7.86. The van der Waals surface area contributed by atoms with Crippen LogP contribution in [0.2, 0.25) is 5.02 Å². The monoisotopic (exact) mass is 409 g/mol. The fourth-order valence-corrected chi connectivity index (χ4v) is 3.22. The van der Waals surface area contributed by atoms with E-state index in [0.717, 1.165) is 5.56 Å². The topological polar surface area (TPSA) is 113 Å². The van der Waals surface area contributed by atoms with Crippen LogP contribution in [0.15, 0.2) is 48.8 Å². The summed E-state index contributed by atoms with van der Waals surface area (Å²) >= 11 is 6.29. The lowest BCUT2D eigenvalue weighted by atomic mass is 10.2. The average Bonchev–Trinajstić information content (AvgIpc) is 3.14. The zero-order chi connectivity index (χ0) is 20.4. The molecule has 0 aliphatic rings. The first-order valence-corrected chi connectivity index (χ1v) is 9.01. The van der Waals surface area contributed by atoms with Gasteiger partial charge in [0.05, 0.1) is 28.5 Å². The van der Waals surface area contributed by atoms with Gasteiger partial charge in [0.2, 0.25) is 5.95 Å². The number of hydrogen-bond acceptors (Lipinski definition) is 6. The van der Waals surface area contributed by atoms with Crippen LogP contribution in [-0.2, 0) is 11.3 Å². The molecule has 3 aromatic heterocycles. The molecule has 0 saturated heterocycles. The fourth-order valence-electron chi connectivity index (χ4n) is 2.95. The van der Waals surface area contributed by atoms with E-state index in [2.05, 4.69) is 25.3 Å². The number of rotatable bonds is 6. The third-order valence-electron chi connectivity index (χ3n) is 4.22. The first-order chi connectivity index (χ1) is 14.0. The number of ether oxygens (including phenoxy) is 1. The van der Waals surface area contributed by atoms with E-state index in [1.54, 1.807) is 37.7 Å². The summed E-state index contributed by atoms with van der Waals surface area (Å²) in [6, 6.07) is 10.5. The van der Waals surface area contributed by atoms with Crippen molar-refractivity contribution in [1.82, 2.24) is 19.9 Å². The van der Waals surface area contributed by atoms with Gasteiger partial charge in [-0.2, -0.15) is 0 Å². The average molecular weight is 410 g/mol. The molecule has 3 N–H and O–H groups in total. The second-order valence-electron chi connectivity index (χ2n) is 6.28. The van der Waals surface area contributed by atoms with Crippen molar-refractivity contribution in [3.63, 3.8) is 0 Å². The van der Waals surface area contributed by atoms with E-state index < -0.39 is 5.97 Å².